The normalized spacial score (nSPS) is 16.8. The lowest BCUT2D eigenvalue weighted by Crippen LogP contribution is -2.35. The van der Waals surface area contributed by atoms with Crippen molar-refractivity contribution in [3.8, 4) is 0 Å². The quantitative estimate of drug-likeness (QED) is 0.521. The largest absolute Gasteiger partial charge is 0.367 e. The number of benzene rings is 2. The Morgan fingerprint density at radius 2 is 1.93 bits per heavy atom. The fourth-order valence-corrected chi connectivity index (χ4v) is 4.47. The number of nitrogens with one attached hydrogen (secondary N) is 1. The molecular formula is C22H22N4OS. The molecule has 1 aliphatic heterocycles. The van der Waals surface area contributed by atoms with E-state index in [1.165, 1.54) is 30.2 Å². The molecule has 6 heteroatoms. The molecule has 1 aliphatic carbocycles. The number of carbonyl (C=O) groups excluding carboxylic acids is 1. The summed E-state index contributed by atoms with van der Waals surface area (Å²) in [6.07, 6.45) is 3.29. The number of thioether (sulfide) groups is 1. The first-order valence-electron chi connectivity index (χ1n) is 9.78. The maximum absolute atomic E-state index is 13.1. The second-order valence-corrected chi connectivity index (χ2v) is 8.73. The molecule has 2 aliphatic rings. The Morgan fingerprint density at radius 3 is 2.79 bits per heavy atom. The molecule has 0 spiro atoms. The Hall–Kier alpha value is -2.60. The third-order valence-corrected chi connectivity index (χ3v) is 6.23. The van der Waals surface area contributed by atoms with Crippen LogP contribution in [0.4, 0.5) is 11.5 Å². The number of amides is 1. The van der Waals surface area contributed by atoms with Crippen LogP contribution in [0.5, 0.6) is 0 Å². The van der Waals surface area contributed by atoms with Crippen molar-refractivity contribution in [3.05, 3.63) is 54.1 Å². The first kappa shape index (κ1) is 17.5. The molecule has 1 amide bonds. The predicted molar refractivity (Wildman–Crippen MR) is 114 cm³/mol. The highest BCUT2D eigenvalue weighted by Gasteiger charge is 2.29. The lowest BCUT2D eigenvalue weighted by Gasteiger charge is -2.21. The van der Waals surface area contributed by atoms with Gasteiger partial charge in [-0.25, -0.2) is 9.97 Å². The van der Waals surface area contributed by atoms with E-state index in [1.807, 2.05) is 54.3 Å². The molecule has 3 aromatic rings. The van der Waals surface area contributed by atoms with Gasteiger partial charge in [-0.3, -0.25) is 4.79 Å². The van der Waals surface area contributed by atoms with Crippen molar-refractivity contribution < 1.29 is 4.79 Å². The smallest absolute Gasteiger partial charge is 0.240 e. The van der Waals surface area contributed by atoms with Crippen molar-refractivity contribution in [2.75, 3.05) is 16.8 Å². The SMILES string of the molecule is C[C@H](Sc1nc(NC2CC2)c2ccccc2n1)C(=O)N1CCc2ccccc21. The lowest BCUT2D eigenvalue weighted by molar-refractivity contribution is -0.117. The van der Waals surface area contributed by atoms with E-state index < -0.39 is 0 Å². The summed E-state index contributed by atoms with van der Waals surface area (Å²) >= 11 is 1.44. The fraction of sp³-hybridized carbons (Fsp3) is 0.318. The average Bonchev–Trinajstić information content (AvgIpc) is 3.43. The summed E-state index contributed by atoms with van der Waals surface area (Å²) in [6.45, 7) is 2.69. The van der Waals surface area contributed by atoms with Gasteiger partial charge in [-0.1, -0.05) is 42.1 Å². The van der Waals surface area contributed by atoms with Gasteiger partial charge in [-0.05, 0) is 49.9 Å². The standard InChI is InChI=1S/C22H22N4OS/c1-14(21(27)26-13-12-15-6-2-5-9-19(15)26)28-22-24-18-8-4-3-7-17(18)20(25-22)23-16-10-11-16/h2-9,14,16H,10-13H2,1H3,(H,23,24,25)/t14-/m0/s1. The molecule has 2 heterocycles. The monoisotopic (exact) mass is 390 g/mol. The van der Waals surface area contributed by atoms with Gasteiger partial charge in [0, 0.05) is 23.7 Å². The molecule has 1 fully saturated rings. The minimum absolute atomic E-state index is 0.114. The molecule has 1 saturated carbocycles. The molecule has 5 nitrogen and oxygen atoms in total. The van der Waals surface area contributed by atoms with E-state index in [9.17, 15) is 4.79 Å². The Morgan fingerprint density at radius 1 is 1.14 bits per heavy atom. The molecular weight excluding hydrogens is 368 g/mol. The van der Waals surface area contributed by atoms with Gasteiger partial charge in [0.15, 0.2) is 5.16 Å². The van der Waals surface area contributed by atoms with E-state index in [2.05, 4.69) is 11.4 Å². The van der Waals surface area contributed by atoms with E-state index in [1.54, 1.807) is 0 Å². The fourth-order valence-electron chi connectivity index (χ4n) is 3.63. The number of carbonyl (C=O) groups is 1. The van der Waals surface area contributed by atoms with Crippen molar-refractivity contribution >= 4 is 40.1 Å². The Labute approximate surface area is 168 Å². The van der Waals surface area contributed by atoms with Crippen LogP contribution in [0.15, 0.2) is 53.7 Å². The van der Waals surface area contributed by atoms with E-state index in [-0.39, 0.29) is 11.2 Å². The Bertz CT molecular complexity index is 1050. The van der Waals surface area contributed by atoms with Crippen molar-refractivity contribution in [1.82, 2.24) is 9.97 Å². The van der Waals surface area contributed by atoms with Gasteiger partial charge in [0.1, 0.15) is 5.82 Å². The Kier molecular flexibility index (Phi) is 4.43. The maximum atomic E-state index is 13.1. The lowest BCUT2D eigenvalue weighted by atomic mass is 10.2. The molecule has 1 aromatic heterocycles. The molecule has 0 unspecified atom stereocenters. The van der Waals surface area contributed by atoms with Gasteiger partial charge in [0.25, 0.3) is 0 Å². The Balaban J connectivity index is 1.39. The number of hydrogen-bond acceptors (Lipinski definition) is 5. The minimum Gasteiger partial charge on any atom is -0.367 e. The van der Waals surface area contributed by atoms with Crippen LogP contribution in [-0.2, 0) is 11.2 Å². The molecule has 5 rings (SSSR count). The van der Waals surface area contributed by atoms with Crippen LogP contribution >= 0.6 is 11.8 Å². The van der Waals surface area contributed by atoms with Crippen LogP contribution in [0.2, 0.25) is 0 Å². The third kappa shape index (κ3) is 3.33. The molecule has 1 N–H and O–H groups in total. The second-order valence-electron chi connectivity index (χ2n) is 7.42. The number of hydrogen-bond donors (Lipinski definition) is 1. The first-order chi connectivity index (χ1) is 13.7. The number of para-hydroxylation sites is 2. The minimum atomic E-state index is -0.249. The zero-order chi connectivity index (χ0) is 19.1. The second kappa shape index (κ2) is 7.09. The molecule has 0 saturated heterocycles. The predicted octanol–water partition coefficient (Wildman–Crippen LogP) is 4.27. The molecule has 28 heavy (non-hydrogen) atoms. The summed E-state index contributed by atoms with van der Waals surface area (Å²) in [4.78, 5) is 24.4. The van der Waals surface area contributed by atoms with Gasteiger partial charge in [0.05, 0.1) is 10.8 Å². The van der Waals surface area contributed by atoms with Crippen molar-refractivity contribution in [2.45, 2.75) is 42.6 Å². The van der Waals surface area contributed by atoms with E-state index in [0.29, 0.717) is 11.2 Å². The third-order valence-electron chi connectivity index (χ3n) is 5.28. The van der Waals surface area contributed by atoms with Gasteiger partial charge >= 0.3 is 0 Å². The van der Waals surface area contributed by atoms with Crippen LogP contribution in [0.25, 0.3) is 10.9 Å². The highest BCUT2D eigenvalue weighted by Crippen LogP contribution is 2.33. The number of rotatable bonds is 5. The van der Waals surface area contributed by atoms with Crippen LogP contribution in [0.3, 0.4) is 0 Å². The maximum Gasteiger partial charge on any atom is 0.240 e. The highest BCUT2D eigenvalue weighted by molar-refractivity contribution is 8.00. The summed E-state index contributed by atoms with van der Waals surface area (Å²) in [5.74, 6) is 0.991. The summed E-state index contributed by atoms with van der Waals surface area (Å²) < 4.78 is 0. The van der Waals surface area contributed by atoms with Crippen LogP contribution < -0.4 is 10.2 Å². The molecule has 2 aromatic carbocycles. The van der Waals surface area contributed by atoms with E-state index in [0.717, 1.165) is 35.4 Å². The summed E-state index contributed by atoms with van der Waals surface area (Å²) in [5, 5.41) is 4.94. The number of fused-ring (bicyclic) bond motifs is 2. The van der Waals surface area contributed by atoms with E-state index in [4.69, 9.17) is 9.97 Å². The number of nitrogens with zero attached hydrogens (tertiary/aromatic N) is 3. The highest BCUT2D eigenvalue weighted by atomic mass is 32.2. The summed E-state index contributed by atoms with van der Waals surface area (Å²) in [6, 6.07) is 16.7. The molecule has 142 valence electrons. The number of aromatic nitrogens is 2. The van der Waals surface area contributed by atoms with Crippen LogP contribution in [0.1, 0.15) is 25.3 Å². The van der Waals surface area contributed by atoms with Crippen molar-refractivity contribution in [1.29, 1.82) is 0 Å². The first-order valence-corrected chi connectivity index (χ1v) is 10.7. The van der Waals surface area contributed by atoms with Crippen LogP contribution in [0, 0.1) is 0 Å². The summed E-state index contributed by atoms with van der Waals surface area (Å²) in [7, 11) is 0. The van der Waals surface area contributed by atoms with Gasteiger partial charge in [-0.2, -0.15) is 0 Å². The van der Waals surface area contributed by atoms with Gasteiger partial charge in [0.2, 0.25) is 5.91 Å². The van der Waals surface area contributed by atoms with Gasteiger partial charge in [-0.15, -0.1) is 0 Å². The molecule has 0 bridgehead atoms. The van der Waals surface area contributed by atoms with Crippen molar-refractivity contribution in [2.24, 2.45) is 0 Å². The van der Waals surface area contributed by atoms with Gasteiger partial charge < -0.3 is 10.2 Å². The molecule has 0 radical (unpaired) electrons. The zero-order valence-corrected chi connectivity index (χ0v) is 16.6. The molecule has 1 atom stereocenters. The van der Waals surface area contributed by atoms with E-state index >= 15 is 0 Å². The average molecular weight is 391 g/mol. The topological polar surface area (TPSA) is 58.1 Å². The zero-order valence-electron chi connectivity index (χ0n) is 15.8. The van der Waals surface area contributed by atoms with Crippen molar-refractivity contribution in [3.63, 3.8) is 0 Å². The summed E-state index contributed by atoms with van der Waals surface area (Å²) in [5.41, 5.74) is 3.19. The van der Waals surface area contributed by atoms with Crippen LogP contribution in [-0.4, -0.2) is 33.7 Å². The number of anilines is 2.